The maximum absolute atomic E-state index is 9.68. The highest BCUT2D eigenvalue weighted by molar-refractivity contribution is 7.18. The first kappa shape index (κ1) is 14.1. The van der Waals surface area contributed by atoms with E-state index in [1.54, 1.807) is 0 Å². The van der Waals surface area contributed by atoms with Crippen LogP contribution in [0.15, 0.2) is 11.6 Å². The number of hydrogen-bond donors (Lipinski definition) is 1. The molecule has 0 aliphatic heterocycles. The summed E-state index contributed by atoms with van der Waals surface area (Å²) in [6.07, 6.45) is 2.86. The van der Waals surface area contributed by atoms with Crippen molar-refractivity contribution in [3.8, 4) is 0 Å². The molecule has 0 heterocycles. The topological polar surface area (TPSA) is 20.2 Å². The normalized spacial score (nSPS) is 36.9. The van der Waals surface area contributed by atoms with Crippen LogP contribution in [0.4, 0.5) is 4.39 Å². The molecule has 0 aromatic carbocycles. The summed E-state index contributed by atoms with van der Waals surface area (Å²) in [6, 6.07) is 0. The van der Waals surface area contributed by atoms with Crippen molar-refractivity contribution in [2.45, 2.75) is 39.0 Å². The van der Waals surface area contributed by atoms with Crippen molar-refractivity contribution in [3.63, 3.8) is 0 Å². The molecule has 0 bridgehead atoms. The fourth-order valence-electron chi connectivity index (χ4n) is 1.81. The predicted molar refractivity (Wildman–Crippen MR) is 63.2 cm³/mol. The van der Waals surface area contributed by atoms with Crippen LogP contribution in [0, 0.1) is 11.8 Å². The third-order valence-corrected chi connectivity index (χ3v) is 4.19. The molecule has 0 fully saturated rings. The second kappa shape index (κ2) is 6.53. The molecule has 1 N–H and O–H groups in total. The maximum atomic E-state index is 9.68. The quantitative estimate of drug-likeness (QED) is 0.532. The number of rotatable bonds is 1. The Kier molecular flexibility index (Phi) is 6.55. The van der Waals surface area contributed by atoms with Crippen LogP contribution < -0.4 is 0 Å². The summed E-state index contributed by atoms with van der Waals surface area (Å²) in [6.45, 7) is 6.49. The lowest BCUT2D eigenvalue weighted by Gasteiger charge is -2.35. The first-order chi connectivity index (χ1) is 6.57. The first-order valence-corrected chi connectivity index (χ1v) is 5.76. The van der Waals surface area contributed by atoms with Crippen LogP contribution in [0.1, 0.15) is 27.2 Å². The van der Waals surface area contributed by atoms with Gasteiger partial charge in [-0.1, -0.05) is 32.4 Å². The zero-order valence-corrected chi connectivity index (χ0v) is 10.7. The standard InChI is InChI=1S/C10H19OP.CH3F/c1-4-8-5-9(11)6(2)7(3)10(8)12;1-2/h5-7,9-11H,4,12H2,1-3H3;1H3. The molecule has 1 nitrogen and oxygen atoms in total. The van der Waals surface area contributed by atoms with Crippen molar-refractivity contribution in [1.29, 1.82) is 0 Å². The van der Waals surface area contributed by atoms with Crippen molar-refractivity contribution in [2.75, 3.05) is 7.18 Å². The highest BCUT2D eigenvalue weighted by atomic mass is 31.0. The number of alkyl halides is 1. The molecule has 0 radical (unpaired) electrons. The Bertz CT molecular complexity index is 194. The lowest BCUT2D eigenvalue weighted by molar-refractivity contribution is 0.119. The van der Waals surface area contributed by atoms with Gasteiger partial charge in [-0.3, -0.25) is 4.39 Å². The van der Waals surface area contributed by atoms with Gasteiger partial charge in [-0.25, -0.2) is 0 Å². The molecule has 0 aromatic heterocycles. The van der Waals surface area contributed by atoms with E-state index in [4.69, 9.17) is 0 Å². The lowest BCUT2D eigenvalue weighted by atomic mass is 9.79. The summed E-state index contributed by atoms with van der Waals surface area (Å²) in [5.74, 6) is 0.966. The highest BCUT2D eigenvalue weighted by Crippen LogP contribution is 2.35. The van der Waals surface area contributed by atoms with Gasteiger partial charge in [-0.15, -0.1) is 9.24 Å². The van der Waals surface area contributed by atoms with E-state index in [1.807, 2.05) is 6.08 Å². The maximum Gasteiger partial charge on any atom is 0.0785 e. The Hall–Kier alpha value is 0.0600. The van der Waals surface area contributed by atoms with Crippen LogP contribution in [0.2, 0.25) is 0 Å². The average molecular weight is 220 g/mol. The third kappa shape index (κ3) is 3.03. The Labute approximate surface area is 89.0 Å². The molecule has 1 rings (SSSR count). The van der Waals surface area contributed by atoms with E-state index in [9.17, 15) is 9.50 Å². The van der Waals surface area contributed by atoms with Gasteiger partial charge in [0.15, 0.2) is 0 Å². The summed E-state index contributed by atoms with van der Waals surface area (Å²) in [5, 5.41) is 9.68. The highest BCUT2D eigenvalue weighted by Gasteiger charge is 2.30. The molecular formula is C11H22FOP. The second-order valence-electron chi connectivity index (χ2n) is 3.83. The molecular weight excluding hydrogens is 198 g/mol. The van der Waals surface area contributed by atoms with Crippen molar-refractivity contribution in [3.05, 3.63) is 11.6 Å². The van der Waals surface area contributed by atoms with Crippen LogP contribution >= 0.6 is 9.24 Å². The van der Waals surface area contributed by atoms with Crippen LogP contribution in [-0.2, 0) is 0 Å². The molecule has 0 saturated heterocycles. The zero-order chi connectivity index (χ0) is 11.3. The van der Waals surface area contributed by atoms with Gasteiger partial charge in [0.25, 0.3) is 0 Å². The molecule has 0 spiro atoms. The summed E-state index contributed by atoms with van der Waals surface area (Å²) in [5.41, 5.74) is 1.95. The van der Waals surface area contributed by atoms with Crippen molar-refractivity contribution < 1.29 is 9.50 Å². The van der Waals surface area contributed by atoms with E-state index in [2.05, 4.69) is 30.0 Å². The minimum atomic E-state index is -0.230. The molecule has 1 aliphatic carbocycles. The molecule has 5 unspecified atom stereocenters. The van der Waals surface area contributed by atoms with Crippen LogP contribution in [0.3, 0.4) is 0 Å². The smallest absolute Gasteiger partial charge is 0.0785 e. The number of aliphatic hydroxyl groups excluding tert-OH is 1. The van der Waals surface area contributed by atoms with Gasteiger partial charge in [0.1, 0.15) is 0 Å². The Morgan fingerprint density at radius 3 is 2.29 bits per heavy atom. The molecule has 5 atom stereocenters. The van der Waals surface area contributed by atoms with Gasteiger partial charge in [0.2, 0.25) is 0 Å². The van der Waals surface area contributed by atoms with Gasteiger partial charge in [-0.2, -0.15) is 0 Å². The molecule has 14 heavy (non-hydrogen) atoms. The van der Waals surface area contributed by atoms with Crippen LogP contribution in [0.25, 0.3) is 0 Å². The molecule has 3 heteroatoms. The first-order valence-electron chi connectivity index (χ1n) is 5.10. The molecule has 84 valence electrons. The van der Waals surface area contributed by atoms with Gasteiger partial charge in [0.05, 0.1) is 13.3 Å². The number of hydrogen-bond acceptors (Lipinski definition) is 1. The predicted octanol–water partition coefficient (Wildman–Crippen LogP) is 2.80. The van der Waals surface area contributed by atoms with Crippen molar-refractivity contribution in [1.82, 2.24) is 0 Å². The largest absolute Gasteiger partial charge is 0.389 e. The van der Waals surface area contributed by atoms with E-state index >= 15 is 0 Å². The fourth-order valence-corrected chi connectivity index (χ4v) is 2.51. The van der Waals surface area contributed by atoms with E-state index in [0.29, 0.717) is 24.7 Å². The van der Waals surface area contributed by atoms with Gasteiger partial charge < -0.3 is 5.11 Å². The minimum Gasteiger partial charge on any atom is -0.389 e. The lowest BCUT2D eigenvalue weighted by Crippen LogP contribution is -2.33. The van der Waals surface area contributed by atoms with Crippen LogP contribution in [0.5, 0.6) is 0 Å². The summed E-state index contributed by atoms with van der Waals surface area (Å²) in [7, 11) is 3.39. The van der Waals surface area contributed by atoms with Gasteiger partial charge >= 0.3 is 0 Å². The van der Waals surface area contributed by atoms with Gasteiger partial charge in [0, 0.05) is 0 Å². The Balaban J connectivity index is 0.000000791. The molecule has 0 amide bonds. The SMILES string of the molecule is CCC1=CC(O)C(C)C(C)C1P.CF. The number of aliphatic hydroxyl groups is 1. The summed E-state index contributed by atoms with van der Waals surface area (Å²) >= 11 is 0. The van der Waals surface area contributed by atoms with E-state index in [1.165, 1.54) is 5.57 Å². The Morgan fingerprint density at radius 2 is 1.86 bits per heavy atom. The second-order valence-corrected chi connectivity index (χ2v) is 4.55. The molecule has 0 saturated carbocycles. The van der Waals surface area contributed by atoms with E-state index in [-0.39, 0.29) is 6.10 Å². The van der Waals surface area contributed by atoms with E-state index < -0.39 is 0 Å². The van der Waals surface area contributed by atoms with E-state index in [0.717, 1.165) is 6.42 Å². The fraction of sp³-hybridized carbons (Fsp3) is 0.818. The third-order valence-electron chi connectivity index (χ3n) is 3.16. The van der Waals surface area contributed by atoms with Crippen molar-refractivity contribution in [2.24, 2.45) is 11.8 Å². The van der Waals surface area contributed by atoms with Crippen LogP contribution in [-0.4, -0.2) is 24.0 Å². The molecule has 1 aliphatic rings. The Morgan fingerprint density at radius 1 is 1.36 bits per heavy atom. The monoisotopic (exact) mass is 220 g/mol. The van der Waals surface area contributed by atoms with Crippen molar-refractivity contribution >= 4 is 9.24 Å². The van der Waals surface area contributed by atoms with Gasteiger partial charge in [-0.05, 0) is 23.9 Å². The average Bonchev–Trinajstić information content (AvgIpc) is 2.23. The number of halogens is 1. The number of allylic oxidation sites excluding steroid dienone is 1. The molecule has 0 aromatic rings. The summed E-state index contributed by atoms with van der Waals surface area (Å²) < 4.78 is 9.50. The minimum absolute atomic E-state index is 0.230. The zero-order valence-electron chi connectivity index (χ0n) is 9.50. The summed E-state index contributed by atoms with van der Waals surface area (Å²) in [4.78, 5) is 0.